The van der Waals surface area contributed by atoms with Crippen LogP contribution in [-0.4, -0.2) is 9.38 Å². The summed E-state index contributed by atoms with van der Waals surface area (Å²) in [6.07, 6.45) is 3.79. The molecule has 0 bridgehead atoms. The molecule has 0 unspecified atom stereocenters. The number of hydrogen-bond donors (Lipinski definition) is 0. The zero-order valence-corrected chi connectivity index (χ0v) is 10.2. The van der Waals surface area contributed by atoms with Crippen LogP contribution in [0.15, 0.2) is 54.9 Å². The van der Waals surface area contributed by atoms with Gasteiger partial charge in [-0.1, -0.05) is 41.9 Å². The van der Waals surface area contributed by atoms with E-state index in [4.69, 9.17) is 11.6 Å². The lowest BCUT2D eigenvalue weighted by molar-refractivity contribution is 1.27. The summed E-state index contributed by atoms with van der Waals surface area (Å²) in [5.74, 6) is 0. The number of halogens is 1. The monoisotopic (exact) mass is 252 g/mol. The summed E-state index contributed by atoms with van der Waals surface area (Å²) in [4.78, 5) is 4.45. The minimum atomic E-state index is 0.777. The van der Waals surface area contributed by atoms with Gasteiger partial charge >= 0.3 is 0 Å². The number of fused-ring (bicyclic) bond motifs is 6. The minimum Gasteiger partial charge on any atom is -0.299 e. The number of rotatable bonds is 0. The second-order valence-corrected chi connectivity index (χ2v) is 4.71. The van der Waals surface area contributed by atoms with Crippen molar-refractivity contribution < 1.29 is 0 Å². The normalized spacial score (nSPS) is 11.6. The highest BCUT2D eigenvalue weighted by Crippen LogP contribution is 2.33. The van der Waals surface area contributed by atoms with Gasteiger partial charge in [-0.25, -0.2) is 4.98 Å². The van der Waals surface area contributed by atoms with E-state index in [-0.39, 0.29) is 0 Å². The molecule has 0 amide bonds. The van der Waals surface area contributed by atoms with Crippen molar-refractivity contribution in [3.05, 3.63) is 59.9 Å². The summed E-state index contributed by atoms with van der Waals surface area (Å²) in [5, 5.41) is 4.14. The van der Waals surface area contributed by atoms with E-state index in [9.17, 15) is 0 Å². The van der Waals surface area contributed by atoms with Crippen LogP contribution in [0.3, 0.4) is 0 Å². The minimum absolute atomic E-state index is 0.777. The number of pyridine rings is 1. The fourth-order valence-electron chi connectivity index (χ4n) is 2.57. The van der Waals surface area contributed by atoms with Crippen LogP contribution < -0.4 is 0 Å². The maximum absolute atomic E-state index is 6.37. The molecule has 86 valence electrons. The number of benzene rings is 2. The first-order valence-corrected chi connectivity index (χ1v) is 6.16. The first-order valence-electron chi connectivity index (χ1n) is 5.78. The predicted octanol–water partition coefficient (Wildman–Crippen LogP) is 4.29. The number of aromatic nitrogens is 2. The van der Waals surface area contributed by atoms with E-state index >= 15 is 0 Å². The van der Waals surface area contributed by atoms with Gasteiger partial charge in [0.2, 0.25) is 0 Å². The molecule has 0 N–H and O–H groups in total. The Balaban J connectivity index is 2.49. The Hall–Kier alpha value is -2.06. The molecule has 4 rings (SSSR count). The van der Waals surface area contributed by atoms with Gasteiger partial charge in [0.05, 0.1) is 10.5 Å². The lowest BCUT2D eigenvalue weighted by atomic mass is 10.1. The zero-order chi connectivity index (χ0) is 12.1. The molecule has 0 spiro atoms. The fraction of sp³-hybridized carbons (Fsp3) is 0. The van der Waals surface area contributed by atoms with Crippen molar-refractivity contribution in [3.63, 3.8) is 0 Å². The molecule has 2 aromatic carbocycles. The maximum Gasteiger partial charge on any atom is 0.145 e. The molecular weight excluding hydrogens is 244 g/mol. The summed E-state index contributed by atoms with van der Waals surface area (Å²) in [7, 11) is 0. The van der Waals surface area contributed by atoms with E-state index in [0.29, 0.717) is 0 Å². The molecule has 0 aliphatic rings. The summed E-state index contributed by atoms with van der Waals surface area (Å²) >= 11 is 6.37. The Morgan fingerprint density at radius 1 is 0.944 bits per heavy atom. The second-order valence-electron chi connectivity index (χ2n) is 4.30. The highest BCUT2D eigenvalue weighted by molar-refractivity contribution is 6.38. The van der Waals surface area contributed by atoms with Gasteiger partial charge in [-0.05, 0) is 17.5 Å². The van der Waals surface area contributed by atoms with Gasteiger partial charge in [-0.15, -0.1) is 0 Å². The summed E-state index contributed by atoms with van der Waals surface area (Å²) in [6.45, 7) is 0. The quantitative estimate of drug-likeness (QED) is 0.427. The molecule has 0 aliphatic heterocycles. The Labute approximate surface area is 108 Å². The molecule has 2 nitrogen and oxygen atoms in total. The van der Waals surface area contributed by atoms with Gasteiger partial charge in [0.15, 0.2) is 0 Å². The SMILES string of the molecule is Clc1cccc2c1c1ccccc1c1nccn21. The third-order valence-electron chi connectivity index (χ3n) is 3.33. The zero-order valence-electron chi connectivity index (χ0n) is 9.47. The van der Waals surface area contributed by atoms with Crippen molar-refractivity contribution in [1.82, 2.24) is 9.38 Å². The molecule has 3 heteroatoms. The molecule has 0 saturated heterocycles. The molecule has 0 radical (unpaired) electrons. The van der Waals surface area contributed by atoms with Crippen LogP contribution in [0.5, 0.6) is 0 Å². The smallest absolute Gasteiger partial charge is 0.145 e. The Morgan fingerprint density at radius 3 is 2.67 bits per heavy atom. The highest BCUT2D eigenvalue weighted by atomic mass is 35.5. The van der Waals surface area contributed by atoms with Crippen LogP contribution in [0.4, 0.5) is 0 Å². The maximum atomic E-state index is 6.37. The Kier molecular flexibility index (Phi) is 1.91. The lowest BCUT2D eigenvalue weighted by Crippen LogP contribution is -1.90. The van der Waals surface area contributed by atoms with Crippen molar-refractivity contribution in [2.24, 2.45) is 0 Å². The summed E-state index contributed by atoms with van der Waals surface area (Å²) in [5.41, 5.74) is 2.06. The summed E-state index contributed by atoms with van der Waals surface area (Å²) in [6, 6.07) is 14.2. The van der Waals surface area contributed by atoms with Gasteiger partial charge in [0, 0.05) is 23.2 Å². The predicted molar refractivity (Wildman–Crippen MR) is 75.2 cm³/mol. The van der Waals surface area contributed by atoms with E-state index < -0.39 is 0 Å². The van der Waals surface area contributed by atoms with E-state index in [1.807, 2.05) is 36.7 Å². The number of imidazole rings is 1. The van der Waals surface area contributed by atoms with Gasteiger partial charge in [0.1, 0.15) is 5.65 Å². The van der Waals surface area contributed by atoms with E-state index in [2.05, 4.69) is 27.6 Å². The number of hydrogen-bond acceptors (Lipinski definition) is 1. The molecule has 0 fully saturated rings. The van der Waals surface area contributed by atoms with Crippen molar-refractivity contribution in [1.29, 1.82) is 0 Å². The van der Waals surface area contributed by atoms with Gasteiger partial charge < -0.3 is 0 Å². The third-order valence-corrected chi connectivity index (χ3v) is 3.64. The fourth-order valence-corrected chi connectivity index (χ4v) is 2.84. The molecule has 2 heterocycles. The van der Waals surface area contributed by atoms with Gasteiger partial charge in [-0.2, -0.15) is 0 Å². The van der Waals surface area contributed by atoms with Crippen LogP contribution in [0.1, 0.15) is 0 Å². The van der Waals surface area contributed by atoms with Crippen molar-refractivity contribution in [3.8, 4) is 0 Å². The first-order chi connectivity index (χ1) is 8.86. The molecule has 0 aliphatic carbocycles. The average molecular weight is 253 g/mol. The largest absolute Gasteiger partial charge is 0.299 e. The Bertz CT molecular complexity index is 893. The van der Waals surface area contributed by atoms with E-state index in [1.165, 1.54) is 0 Å². The summed E-state index contributed by atoms with van der Waals surface area (Å²) < 4.78 is 2.09. The molecule has 2 aromatic heterocycles. The highest BCUT2D eigenvalue weighted by Gasteiger charge is 2.10. The van der Waals surface area contributed by atoms with Crippen molar-refractivity contribution in [2.45, 2.75) is 0 Å². The van der Waals surface area contributed by atoms with Crippen molar-refractivity contribution >= 4 is 38.9 Å². The molecule has 0 atom stereocenters. The average Bonchev–Trinajstić information content (AvgIpc) is 2.88. The molecule has 0 saturated carbocycles. The molecule has 18 heavy (non-hydrogen) atoms. The van der Waals surface area contributed by atoms with Gasteiger partial charge in [-0.3, -0.25) is 4.40 Å². The standard InChI is InChI=1S/C15H9ClN2/c16-12-6-3-7-13-14(12)10-4-1-2-5-11(10)15-17-8-9-18(13)15/h1-9H. The second kappa shape index (κ2) is 3.47. The van der Waals surface area contributed by atoms with Crippen LogP contribution in [0.2, 0.25) is 5.02 Å². The van der Waals surface area contributed by atoms with Gasteiger partial charge in [0.25, 0.3) is 0 Å². The third kappa shape index (κ3) is 1.16. The lowest BCUT2D eigenvalue weighted by Gasteiger charge is -2.09. The van der Waals surface area contributed by atoms with Crippen LogP contribution in [0, 0.1) is 0 Å². The topological polar surface area (TPSA) is 17.3 Å². The van der Waals surface area contributed by atoms with Crippen molar-refractivity contribution in [2.75, 3.05) is 0 Å². The first kappa shape index (κ1) is 9.92. The van der Waals surface area contributed by atoms with Crippen LogP contribution >= 0.6 is 11.6 Å². The van der Waals surface area contributed by atoms with Crippen LogP contribution in [0.25, 0.3) is 27.3 Å². The molecular formula is C15H9ClN2. The van der Waals surface area contributed by atoms with E-state index in [0.717, 1.165) is 32.3 Å². The number of nitrogens with zero attached hydrogens (tertiary/aromatic N) is 2. The van der Waals surface area contributed by atoms with Crippen LogP contribution in [-0.2, 0) is 0 Å². The molecule has 4 aromatic rings. The van der Waals surface area contributed by atoms with E-state index in [1.54, 1.807) is 0 Å². The Morgan fingerprint density at radius 2 is 1.78 bits per heavy atom.